The predicted molar refractivity (Wildman–Crippen MR) is 112 cm³/mol. The van der Waals surface area contributed by atoms with Gasteiger partial charge in [0.15, 0.2) is 5.96 Å². The molecule has 0 aliphatic heterocycles. The van der Waals surface area contributed by atoms with Gasteiger partial charge in [-0.05, 0) is 58.4 Å². The van der Waals surface area contributed by atoms with Crippen molar-refractivity contribution in [3.8, 4) is 0 Å². The largest absolute Gasteiger partial charge is 0.356 e. The van der Waals surface area contributed by atoms with Crippen LogP contribution in [0.3, 0.4) is 0 Å². The molecule has 1 aromatic heterocycles. The van der Waals surface area contributed by atoms with Gasteiger partial charge in [-0.1, -0.05) is 11.6 Å². The van der Waals surface area contributed by atoms with E-state index in [2.05, 4.69) is 44.5 Å². The highest BCUT2D eigenvalue weighted by molar-refractivity contribution is 14.0. The molecule has 24 heavy (non-hydrogen) atoms. The van der Waals surface area contributed by atoms with E-state index in [0.717, 1.165) is 44.1 Å². The second kappa shape index (κ2) is 11.5. The lowest BCUT2D eigenvalue weighted by Crippen LogP contribution is -2.38. The zero-order chi connectivity index (χ0) is 16.5. The number of aromatic nitrogens is 2. The molecule has 1 aliphatic carbocycles. The van der Waals surface area contributed by atoms with Crippen molar-refractivity contribution in [2.45, 2.75) is 58.9 Å². The Kier molecular flexibility index (Phi) is 10.1. The number of hydrogen-bond donors (Lipinski definition) is 2. The van der Waals surface area contributed by atoms with Gasteiger partial charge in [0, 0.05) is 32.4 Å². The summed E-state index contributed by atoms with van der Waals surface area (Å²) in [5.41, 5.74) is 3.92. The molecule has 0 radical (unpaired) electrons. The first-order valence-electron chi connectivity index (χ1n) is 8.82. The Morgan fingerprint density at radius 3 is 2.67 bits per heavy atom. The molecule has 6 heteroatoms. The Bertz CT molecular complexity index is 548. The van der Waals surface area contributed by atoms with E-state index in [1.54, 1.807) is 5.57 Å². The molecule has 2 N–H and O–H groups in total. The minimum atomic E-state index is 0. The highest BCUT2D eigenvalue weighted by atomic mass is 127. The fourth-order valence-corrected chi connectivity index (χ4v) is 3.03. The molecular weight excluding hydrogens is 413 g/mol. The first-order chi connectivity index (χ1) is 11.2. The van der Waals surface area contributed by atoms with E-state index in [1.807, 2.05) is 14.0 Å². The van der Waals surface area contributed by atoms with E-state index in [9.17, 15) is 0 Å². The van der Waals surface area contributed by atoms with Gasteiger partial charge in [0.1, 0.15) is 0 Å². The smallest absolute Gasteiger partial charge is 0.190 e. The van der Waals surface area contributed by atoms with Gasteiger partial charge in [0.05, 0.1) is 5.69 Å². The molecule has 0 aromatic carbocycles. The predicted octanol–water partition coefficient (Wildman–Crippen LogP) is 3.56. The number of allylic oxidation sites excluding steroid dienone is 1. The number of aryl methyl sites for hydroxylation is 3. The molecule has 0 fully saturated rings. The average molecular weight is 445 g/mol. The van der Waals surface area contributed by atoms with Crippen molar-refractivity contribution in [2.24, 2.45) is 4.99 Å². The highest BCUT2D eigenvalue weighted by Crippen LogP contribution is 2.19. The van der Waals surface area contributed by atoms with E-state index < -0.39 is 0 Å². The fraction of sp³-hybridized carbons (Fsp3) is 0.667. The van der Waals surface area contributed by atoms with E-state index in [0.29, 0.717) is 0 Å². The van der Waals surface area contributed by atoms with Gasteiger partial charge in [0.25, 0.3) is 0 Å². The molecule has 1 heterocycles. The Morgan fingerprint density at radius 1 is 1.25 bits per heavy atom. The van der Waals surface area contributed by atoms with Crippen LogP contribution < -0.4 is 10.6 Å². The summed E-state index contributed by atoms with van der Waals surface area (Å²) in [5, 5.41) is 11.3. The molecule has 1 aliphatic rings. The monoisotopic (exact) mass is 445 g/mol. The third kappa shape index (κ3) is 7.23. The molecule has 0 amide bonds. The summed E-state index contributed by atoms with van der Waals surface area (Å²) in [5.74, 6) is 0.898. The summed E-state index contributed by atoms with van der Waals surface area (Å²) in [6.07, 6.45) is 9.82. The summed E-state index contributed by atoms with van der Waals surface area (Å²) in [6.45, 7) is 6.95. The van der Waals surface area contributed by atoms with Crippen LogP contribution in [0.2, 0.25) is 0 Å². The Hall–Kier alpha value is -1.05. The number of nitrogens with zero attached hydrogens (tertiary/aromatic N) is 3. The molecular formula is C18H32IN5. The van der Waals surface area contributed by atoms with Crippen molar-refractivity contribution in [3.63, 3.8) is 0 Å². The average Bonchev–Trinajstić information content (AvgIpc) is 2.88. The van der Waals surface area contributed by atoms with Gasteiger partial charge in [-0.25, -0.2) is 0 Å². The van der Waals surface area contributed by atoms with Crippen LogP contribution in [0.1, 0.15) is 49.9 Å². The van der Waals surface area contributed by atoms with Gasteiger partial charge in [0.2, 0.25) is 0 Å². The van der Waals surface area contributed by atoms with Crippen LogP contribution in [0.15, 0.2) is 22.7 Å². The van der Waals surface area contributed by atoms with Crippen molar-refractivity contribution in [2.75, 3.05) is 20.1 Å². The van der Waals surface area contributed by atoms with E-state index in [1.165, 1.54) is 31.4 Å². The van der Waals surface area contributed by atoms with E-state index in [-0.39, 0.29) is 24.0 Å². The van der Waals surface area contributed by atoms with Crippen molar-refractivity contribution in [3.05, 3.63) is 29.1 Å². The lowest BCUT2D eigenvalue weighted by atomic mass is 9.97. The first-order valence-corrected chi connectivity index (χ1v) is 8.82. The minimum Gasteiger partial charge on any atom is -0.356 e. The van der Waals surface area contributed by atoms with Crippen LogP contribution in [0.4, 0.5) is 0 Å². The van der Waals surface area contributed by atoms with Gasteiger partial charge in [-0.3, -0.25) is 9.67 Å². The number of nitrogens with one attached hydrogen (secondary N) is 2. The molecule has 1 aromatic rings. The molecule has 5 nitrogen and oxygen atoms in total. The molecule has 0 unspecified atom stereocenters. The number of halogens is 1. The van der Waals surface area contributed by atoms with Crippen LogP contribution >= 0.6 is 24.0 Å². The highest BCUT2D eigenvalue weighted by Gasteiger charge is 2.04. The Balaban J connectivity index is 0.00000288. The second-order valence-electron chi connectivity index (χ2n) is 6.29. The fourth-order valence-electron chi connectivity index (χ4n) is 3.03. The van der Waals surface area contributed by atoms with E-state index in [4.69, 9.17) is 0 Å². The summed E-state index contributed by atoms with van der Waals surface area (Å²) in [6, 6.07) is 2.12. The Morgan fingerprint density at radius 2 is 2.04 bits per heavy atom. The standard InChI is InChI=1S/C18H31N5.HI/c1-15-14-16(2)23(22-15)13-7-11-20-18(19-3)21-12-10-17-8-5-4-6-9-17;/h8,14H,4-7,9-13H2,1-3H3,(H2,19,20,21);1H. The van der Waals surface area contributed by atoms with Crippen LogP contribution in [0, 0.1) is 13.8 Å². The third-order valence-electron chi connectivity index (χ3n) is 4.29. The molecule has 0 spiro atoms. The van der Waals surface area contributed by atoms with Gasteiger partial charge >= 0.3 is 0 Å². The molecule has 0 atom stereocenters. The lowest BCUT2D eigenvalue weighted by molar-refractivity contribution is 0.555. The van der Waals surface area contributed by atoms with Crippen LogP contribution in [0.5, 0.6) is 0 Å². The number of guanidine groups is 1. The third-order valence-corrected chi connectivity index (χ3v) is 4.29. The summed E-state index contributed by atoms with van der Waals surface area (Å²) in [7, 11) is 1.83. The van der Waals surface area contributed by atoms with Crippen LogP contribution in [-0.2, 0) is 6.54 Å². The maximum Gasteiger partial charge on any atom is 0.190 e. The Labute approximate surface area is 163 Å². The molecule has 0 saturated heterocycles. The van der Waals surface area contributed by atoms with Gasteiger partial charge in [-0.15, -0.1) is 24.0 Å². The minimum absolute atomic E-state index is 0. The summed E-state index contributed by atoms with van der Waals surface area (Å²) in [4.78, 5) is 4.29. The normalized spacial score (nSPS) is 14.8. The summed E-state index contributed by atoms with van der Waals surface area (Å²) < 4.78 is 2.07. The van der Waals surface area contributed by atoms with Crippen molar-refractivity contribution in [1.29, 1.82) is 0 Å². The van der Waals surface area contributed by atoms with Crippen molar-refractivity contribution >= 4 is 29.9 Å². The SMILES string of the molecule is CN=C(NCCCn1nc(C)cc1C)NCCC1=CCCCC1.I. The summed E-state index contributed by atoms with van der Waals surface area (Å²) >= 11 is 0. The number of hydrogen-bond acceptors (Lipinski definition) is 2. The number of aliphatic imine (C=N–C) groups is 1. The first kappa shape index (κ1) is 21.0. The molecule has 2 rings (SSSR count). The van der Waals surface area contributed by atoms with Gasteiger partial charge in [-0.2, -0.15) is 5.10 Å². The lowest BCUT2D eigenvalue weighted by Gasteiger charge is -2.15. The maximum atomic E-state index is 4.49. The van der Waals surface area contributed by atoms with E-state index >= 15 is 0 Å². The molecule has 0 saturated carbocycles. The van der Waals surface area contributed by atoms with Crippen LogP contribution in [0.25, 0.3) is 0 Å². The molecule has 136 valence electrons. The van der Waals surface area contributed by atoms with Crippen molar-refractivity contribution < 1.29 is 0 Å². The zero-order valence-electron chi connectivity index (χ0n) is 15.3. The quantitative estimate of drug-likeness (QED) is 0.222. The zero-order valence-corrected chi connectivity index (χ0v) is 17.6. The van der Waals surface area contributed by atoms with Crippen LogP contribution in [-0.4, -0.2) is 35.9 Å². The molecule has 0 bridgehead atoms. The topological polar surface area (TPSA) is 54.2 Å². The maximum absolute atomic E-state index is 4.49. The number of rotatable bonds is 7. The second-order valence-corrected chi connectivity index (χ2v) is 6.29. The van der Waals surface area contributed by atoms with Crippen molar-refractivity contribution in [1.82, 2.24) is 20.4 Å². The van der Waals surface area contributed by atoms with Gasteiger partial charge < -0.3 is 10.6 Å².